The molecule has 1 aliphatic carbocycles. The molecule has 2 heterocycles. The molecule has 7 nitrogen and oxygen atoms in total. The van der Waals surface area contributed by atoms with E-state index in [4.69, 9.17) is 4.42 Å². The quantitative estimate of drug-likeness (QED) is 0.409. The minimum Gasteiger partial charge on any atom is -0.414 e. The van der Waals surface area contributed by atoms with Gasteiger partial charge in [0.2, 0.25) is 0 Å². The first kappa shape index (κ1) is 21.4. The molecule has 168 valence electrons. The predicted octanol–water partition coefficient (Wildman–Crippen LogP) is 5.02. The van der Waals surface area contributed by atoms with E-state index < -0.39 is 15.7 Å². The van der Waals surface area contributed by atoms with Gasteiger partial charge in [-0.15, -0.1) is 10.2 Å². The molecule has 1 aliphatic rings. The second kappa shape index (κ2) is 8.47. The van der Waals surface area contributed by atoms with Crippen LogP contribution in [0.4, 0.5) is 4.39 Å². The lowest BCUT2D eigenvalue weighted by atomic mass is 10.1. The van der Waals surface area contributed by atoms with E-state index in [9.17, 15) is 12.8 Å². The van der Waals surface area contributed by atoms with Gasteiger partial charge in [-0.1, -0.05) is 37.1 Å². The molecular weight excluding hydrogens is 443 g/mol. The van der Waals surface area contributed by atoms with Crippen LogP contribution >= 0.6 is 0 Å². The first-order chi connectivity index (χ1) is 15.9. The molecule has 4 aromatic rings. The lowest BCUT2D eigenvalue weighted by Gasteiger charge is -2.11. The van der Waals surface area contributed by atoms with Gasteiger partial charge in [0.1, 0.15) is 11.5 Å². The van der Waals surface area contributed by atoms with Crippen LogP contribution < -0.4 is 0 Å². The number of aryl methyl sites for hydroxylation is 1. The van der Waals surface area contributed by atoms with Crippen molar-refractivity contribution in [1.82, 2.24) is 20.2 Å². The average molecular weight is 465 g/mol. The smallest absolute Gasteiger partial charge is 0.268 e. The SMILES string of the molecule is Cc1ncc(-c2ccc(S(=O)(=O)C3CCCC3)cc2)nc1-c1nnc(-c2ccccc2F)o1. The van der Waals surface area contributed by atoms with Gasteiger partial charge < -0.3 is 4.42 Å². The number of benzene rings is 2. The summed E-state index contributed by atoms with van der Waals surface area (Å²) in [6.45, 7) is 1.76. The minimum atomic E-state index is -3.32. The Hall–Kier alpha value is -3.46. The lowest BCUT2D eigenvalue weighted by Crippen LogP contribution is -2.17. The molecule has 0 unspecified atom stereocenters. The van der Waals surface area contributed by atoms with Gasteiger partial charge in [-0.3, -0.25) is 4.98 Å². The Bertz CT molecular complexity index is 1410. The van der Waals surface area contributed by atoms with E-state index in [2.05, 4.69) is 20.2 Å². The number of nitrogens with zero attached hydrogens (tertiary/aromatic N) is 4. The highest BCUT2D eigenvalue weighted by Crippen LogP contribution is 2.31. The van der Waals surface area contributed by atoms with Crippen LogP contribution in [0, 0.1) is 12.7 Å². The molecular formula is C24H21FN4O3S. The molecule has 0 spiro atoms. The van der Waals surface area contributed by atoms with Crippen LogP contribution in [0.15, 0.2) is 64.0 Å². The van der Waals surface area contributed by atoms with Crippen LogP contribution in [0.1, 0.15) is 31.4 Å². The van der Waals surface area contributed by atoms with Crippen molar-refractivity contribution in [1.29, 1.82) is 0 Å². The highest BCUT2D eigenvalue weighted by Gasteiger charge is 2.30. The summed E-state index contributed by atoms with van der Waals surface area (Å²) in [6.07, 6.45) is 4.95. The maximum Gasteiger partial charge on any atom is 0.268 e. The number of sulfone groups is 1. The largest absolute Gasteiger partial charge is 0.414 e. The monoisotopic (exact) mass is 464 g/mol. The van der Waals surface area contributed by atoms with Crippen molar-refractivity contribution in [3.63, 3.8) is 0 Å². The molecule has 0 amide bonds. The minimum absolute atomic E-state index is 0.0520. The van der Waals surface area contributed by atoms with E-state index >= 15 is 0 Å². The van der Waals surface area contributed by atoms with Gasteiger partial charge in [-0.25, -0.2) is 17.8 Å². The van der Waals surface area contributed by atoms with Crippen LogP contribution in [0.5, 0.6) is 0 Å². The maximum absolute atomic E-state index is 14.1. The first-order valence-electron chi connectivity index (χ1n) is 10.7. The Morgan fingerprint density at radius 3 is 2.39 bits per heavy atom. The molecule has 0 N–H and O–H groups in total. The zero-order valence-corrected chi connectivity index (χ0v) is 18.7. The van der Waals surface area contributed by atoms with Crippen LogP contribution in [0.25, 0.3) is 34.3 Å². The lowest BCUT2D eigenvalue weighted by molar-refractivity contribution is 0.568. The predicted molar refractivity (Wildman–Crippen MR) is 120 cm³/mol. The van der Waals surface area contributed by atoms with Crippen molar-refractivity contribution < 1.29 is 17.2 Å². The van der Waals surface area contributed by atoms with Gasteiger partial charge in [-0.05, 0) is 44.0 Å². The van der Waals surface area contributed by atoms with E-state index in [0.29, 0.717) is 27.5 Å². The molecule has 0 radical (unpaired) electrons. The third kappa shape index (κ3) is 4.04. The van der Waals surface area contributed by atoms with E-state index in [1.54, 1.807) is 55.6 Å². The third-order valence-electron chi connectivity index (χ3n) is 5.91. The van der Waals surface area contributed by atoms with E-state index in [-0.39, 0.29) is 22.6 Å². The Morgan fingerprint density at radius 2 is 1.67 bits per heavy atom. The summed E-state index contributed by atoms with van der Waals surface area (Å²) >= 11 is 0. The molecule has 2 aromatic carbocycles. The number of hydrogen-bond acceptors (Lipinski definition) is 7. The molecule has 0 aliphatic heterocycles. The Balaban J connectivity index is 1.46. The molecule has 1 saturated carbocycles. The van der Waals surface area contributed by atoms with E-state index in [0.717, 1.165) is 25.7 Å². The Morgan fingerprint density at radius 1 is 0.970 bits per heavy atom. The maximum atomic E-state index is 14.1. The fourth-order valence-corrected chi connectivity index (χ4v) is 5.91. The second-order valence-electron chi connectivity index (χ2n) is 8.06. The number of halogens is 1. The van der Waals surface area contributed by atoms with Crippen molar-refractivity contribution in [3.8, 4) is 34.3 Å². The summed E-state index contributed by atoms with van der Waals surface area (Å²) in [5.41, 5.74) is 2.40. The summed E-state index contributed by atoms with van der Waals surface area (Å²) in [4.78, 5) is 9.32. The van der Waals surface area contributed by atoms with Crippen molar-refractivity contribution in [2.75, 3.05) is 0 Å². The van der Waals surface area contributed by atoms with Gasteiger partial charge in [0.05, 0.1) is 33.3 Å². The number of rotatable bonds is 5. The zero-order valence-electron chi connectivity index (χ0n) is 17.9. The average Bonchev–Trinajstić information content (AvgIpc) is 3.53. The molecule has 0 saturated heterocycles. The van der Waals surface area contributed by atoms with E-state index in [1.165, 1.54) is 6.07 Å². The molecule has 2 aromatic heterocycles. The normalized spacial score (nSPS) is 14.6. The summed E-state index contributed by atoms with van der Waals surface area (Å²) in [7, 11) is -3.32. The standard InChI is InChI=1S/C24H21FN4O3S/c1-15-22(24-29-28-23(32-24)19-8-4-5-9-20(19)25)27-21(14-26-15)16-10-12-18(13-11-16)33(30,31)17-6-2-3-7-17/h4-5,8-14,17H,2-3,6-7H2,1H3. The number of aromatic nitrogens is 4. The highest BCUT2D eigenvalue weighted by molar-refractivity contribution is 7.92. The first-order valence-corrected chi connectivity index (χ1v) is 12.2. The molecule has 5 rings (SSSR count). The second-order valence-corrected chi connectivity index (χ2v) is 10.3. The van der Waals surface area contributed by atoms with Gasteiger partial charge >= 0.3 is 0 Å². The molecule has 9 heteroatoms. The molecule has 0 bridgehead atoms. The van der Waals surface area contributed by atoms with Gasteiger partial charge in [0.15, 0.2) is 9.84 Å². The fraction of sp³-hybridized carbons (Fsp3) is 0.250. The topological polar surface area (TPSA) is 98.8 Å². The number of hydrogen-bond donors (Lipinski definition) is 0. The van der Waals surface area contributed by atoms with Crippen LogP contribution in [-0.2, 0) is 9.84 Å². The molecule has 0 atom stereocenters. The van der Waals surface area contributed by atoms with Crippen molar-refractivity contribution in [2.45, 2.75) is 42.8 Å². The van der Waals surface area contributed by atoms with Crippen LogP contribution in [-0.4, -0.2) is 33.8 Å². The Labute approximate surface area is 190 Å². The molecule has 1 fully saturated rings. The summed E-state index contributed by atoms with van der Waals surface area (Å²) in [5.74, 6) is -0.284. The van der Waals surface area contributed by atoms with Gasteiger partial charge in [-0.2, -0.15) is 0 Å². The highest BCUT2D eigenvalue weighted by atomic mass is 32.2. The van der Waals surface area contributed by atoms with Gasteiger partial charge in [0.25, 0.3) is 11.8 Å². The van der Waals surface area contributed by atoms with Crippen molar-refractivity contribution in [2.24, 2.45) is 0 Å². The van der Waals surface area contributed by atoms with Crippen molar-refractivity contribution in [3.05, 3.63) is 66.2 Å². The Kier molecular flexibility index (Phi) is 5.49. The summed E-state index contributed by atoms with van der Waals surface area (Å²) in [6, 6.07) is 12.8. The van der Waals surface area contributed by atoms with Gasteiger partial charge in [0, 0.05) is 5.56 Å². The van der Waals surface area contributed by atoms with Crippen molar-refractivity contribution >= 4 is 9.84 Å². The van der Waals surface area contributed by atoms with Crippen LogP contribution in [0.2, 0.25) is 0 Å². The van der Waals surface area contributed by atoms with Crippen LogP contribution in [0.3, 0.4) is 0 Å². The summed E-state index contributed by atoms with van der Waals surface area (Å²) < 4.78 is 45.4. The molecule has 33 heavy (non-hydrogen) atoms. The zero-order chi connectivity index (χ0) is 23.0. The van der Waals surface area contributed by atoms with E-state index in [1.807, 2.05) is 0 Å². The fourth-order valence-electron chi connectivity index (χ4n) is 4.06. The summed E-state index contributed by atoms with van der Waals surface area (Å²) in [5, 5.41) is 7.68. The third-order valence-corrected chi connectivity index (χ3v) is 8.19.